The molecule has 26 heavy (non-hydrogen) atoms. The van der Waals surface area contributed by atoms with E-state index in [1.54, 1.807) is 24.3 Å². The zero-order chi connectivity index (χ0) is 19.2. The third-order valence-corrected chi connectivity index (χ3v) is 4.09. The first-order valence-corrected chi connectivity index (χ1v) is 8.90. The number of hydrogen-bond donors (Lipinski definition) is 1. The van der Waals surface area contributed by atoms with Crippen LogP contribution >= 0.6 is 0 Å². The number of nitrogens with one attached hydrogen (secondary N) is 1. The maximum atomic E-state index is 12.2. The van der Waals surface area contributed by atoms with Crippen LogP contribution in [-0.2, 0) is 10.2 Å². The van der Waals surface area contributed by atoms with Gasteiger partial charge in [-0.25, -0.2) is 0 Å². The van der Waals surface area contributed by atoms with Gasteiger partial charge in [-0.15, -0.1) is 0 Å². The molecule has 4 nitrogen and oxygen atoms in total. The molecule has 138 valence electrons. The van der Waals surface area contributed by atoms with Gasteiger partial charge in [-0.2, -0.15) is 0 Å². The predicted octanol–water partition coefficient (Wildman–Crippen LogP) is 4.98. The molecule has 0 atom stereocenters. The van der Waals surface area contributed by atoms with Crippen molar-refractivity contribution in [1.82, 2.24) is 0 Å². The lowest BCUT2D eigenvalue weighted by Crippen LogP contribution is -2.18. The van der Waals surface area contributed by atoms with Crippen LogP contribution in [0.1, 0.15) is 56.5 Å². The van der Waals surface area contributed by atoms with E-state index in [0.29, 0.717) is 30.8 Å². The molecule has 2 aromatic rings. The summed E-state index contributed by atoms with van der Waals surface area (Å²) < 4.78 is 5.63. The topological polar surface area (TPSA) is 55.4 Å². The third-order valence-electron chi connectivity index (χ3n) is 4.09. The molecule has 1 amide bonds. The van der Waals surface area contributed by atoms with E-state index in [0.717, 1.165) is 11.3 Å². The fourth-order valence-corrected chi connectivity index (χ4v) is 2.67. The van der Waals surface area contributed by atoms with Gasteiger partial charge < -0.3 is 10.1 Å². The molecule has 0 saturated heterocycles. The average molecular weight is 353 g/mol. The Bertz CT molecular complexity index is 758. The second kappa shape index (κ2) is 8.65. The molecule has 1 N–H and O–H groups in total. The molecule has 0 aromatic heterocycles. The first-order valence-electron chi connectivity index (χ1n) is 8.90. The van der Waals surface area contributed by atoms with Crippen LogP contribution in [0.5, 0.6) is 5.75 Å². The number of para-hydroxylation sites is 1. The Hall–Kier alpha value is -2.62. The maximum absolute atomic E-state index is 12.2. The van der Waals surface area contributed by atoms with Crippen molar-refractivity contribution in [2.75, 3.05) is 11.9 Å². The molecule has 0 unspecified atom stereocenters. The van der Waals surface area contributed by atoms with Crippen molar-refractivity contribution in [2.24, 2.45) is 0 Å². The van der Waals surface area contributed by atoms with Gasteiger partial charge in [0, 0.05) is 17.7 Å². The first-order chi connectivity index (χ1) is 12.3. The second-order valence-corrected chi connectivity index (χ2v) is 7.38. The molecule has 0 bridgehead atoms. The number of amides is 1. The standard InChI is InChI=1S/C22H27NO3/c1-16(24)17-11-13-18(14-12-17)26-15-7-10-21(25)23-20-9-6-5-8-19(20)22(2,3)4/h5-6,8-9,11-14H,7,10,15H2,1-4H3,(H,23,25). The summed E-state index contributed by atoms with van der Waals surface area (Å²) in [5, 5.41) is 3.00. The lowest BCUT2D eigenvalue weighted by atomic mass is 9.86. The number of hydrogen-bond acceptors (Lipinski definition) is 3. The Morgan fingerprint density at radius 1 is 1.00 bits per heavy atom. The smallest absolute Gasteiger partial charge is 0.224 e. The quantitative estimate of drug-likeness (QED) is 0.564. The van der Waals surface area contributed by atoms with E-state index in [2.05, 4.69) is 26.1 Å². The van der Waals surface area contributed by atoms with E-state index in [9.17, 15) is 9.59 Å². The van der Waals surface area contributed by atoms with Gasteiger partial charge in [-0.3, -0.25) is 9.59 Å². The highest BCUT2D eigenvalue weighted by Crippen LogP contribution is 2.29. The Morgan fingerprint density at radius 2 is 1.65 bits per heavy atom. The van der Waals surface area contributed by atoms with Crippen molar-refractivity contribution in [3.8, 4) is 5.75 Å². The van der Waals surface area contributed by atoms with Crippen molar-refractivity contribution in [2.45, 2.75) is 46.0 Å². The van der Waals surface area contributed by atoms with Crippen molar-refractivity contribution >= 4 is 17.4 Å². The summed E-state index contributed by atoms with van der Waals surface area (Å²) in [5.74, 6) is 0.717. The van der Waals surface area contributed by atoms with Gasteiger partial charge >= 0.3 is 0 Å². The molecule has 0 saturated carbocycles. The number of anilines is 1. The van der Waals surface area contributed by atoms with Gasteiger partial charge in [0.25, 0.3) is 0 Å². The number of ketones is 1. The largest absolute Gasteiger partial charge is 0.494 e. The van der Waals surface area contributed by atoms with Crippen LogP contribution in [-0.4, -0.2) is 18.3 Å². The number of benzene rings is 2. The highest BCUT2D eigenvalue weighted by molar-refractivity contribution is 5.94. The second-order valence-electron chi connectivity index (χ2n) is 7.38. The van der Waals surface area contributed by atoms with Gasteiger partial charge in [-0.05, 0) is 54.7 Å². The summed E-state index contributed by atoms with van der Waals surface area (Å²) in [7, 11) is 0. The number of rotatable bonds is 7. The minimum atomic E-state index is -0.0288. The number of carbonyl (C=O) groups excluding carboxylic acids is 2. The van der Waals surface area contributed by atoms with Gasteiger partial charge in [0.05, 0.1) is 6.61 Å². The fraction of sp³-hybridized carbons (Fsp3) is 0.364. The average Bonchev–Trinajstić information content (AvgIpc) is 2.58. The van der Waals surface area contributed by atoms with Gasteiger partial charge in [0.15, 0.2) is 5.78 Å². The third kappa shape index (κ3) is 5.73. The van der Waals surface area contributed by atoms with Gasteiger partial charge in [0.2, 0.25) is 5.91 Å². The highest BCUT2D eigenvalue weighted by Gasteiger charge is 2.18. The van der Waals surface area contributed by atoms with Gasteiger partial charge in [0.1, 0.15) is 5.75 Å². The summed E-state index contributed by atoms with van der Waals surface area (Å²) in [5.41, 5.74) is 2.62. The lowest BCUT2D eigenvalue weighted by molar-refractivity contribution is -0.116. The number of Topliss-reactive ketones (excluding diaryl/α,β-unsaturated/α-hetero) is 1. The van der Waals surface area contributed by atoms with E-state index in [-0.39, 0.29) is 17.1 Å². The minimum absolute atomic E-state index is 0.0165. The normalized spacial score (nSPS) is 11.1. The molecule has 2 rings (SSSR count). The summed E-state index contributed by atoms with van der Waals surface area (Å²) >= 11 is 0. The van der Waals surface area contributed by atoms with Crippen molar-refractivity contribution in [1.29, 1.82) is 0 Å². The van der Waals surface area contributed by atoms with Crippen molar-refractivity contribution in [3.63, 3.8) is 0 Å². The van der Waals surface area contributed by atoms with E-state index >= 15 is 0 Å². The molecular weight excluding hydrogens is 326 g/mol. The first kappa shape index (κ1) is 19.7. The molecule has 0 fully saturated rings. The number of carbonyl (C=O) groups is 2. The van der Waals surface area contributed by atoms with E-state index in [1.165, 1.54) is 6.92 Å². The monoisotopic (exact) mass is 353 g/mol. The predicted molar refractivity (Wildman–Crippen MR) is 105 cm³/mol. The fourth-order valence-electron chi connectivity index (χ4n) is 2.67. The van der Waals surface area contributed by atoms with Crippen LogP contribution < -0.4 is 10.1 Å². The molecular formula is C22H27NO3. The maximum Gasteiger partial charge on any atom is 0.224 e. The SMILES string of the molecule is CC(=O)c1ccc(OCCCC(=O)Nc2ccccc2C(C)(C)C)cc1. The summed E-state index contributed by atoms with van der Waals surface area (Å²) in [4.78, 5) is 23.5. The van der Waals surface area contributed by atoms with Crippen LogP contribution in [0.3, 0.4) is 0 Å². The van der Waals surface area contributed by atoms with Crippen molar-refractivity contribution < 1.29 is 14.3 Å². The Kier molecular flexibility index (Phi) is 6.56. The summed E-state index contributed by atoms with van der Waals surface area (Å²) in [6, 6.07) is 14.9. The molecule has 0 aliphatic carbocycles. The molecule has 0 aliphatic heterocycles. The Balaban J connectivity index is 1.80. The lowest BCUT2D eigenvalue weighted by Gasteiger charge is -2.23. The Labute approximate surface area is 155 Å². The van der Waals surface area contributed by atoms with Crippen LogP contribution in [0.15, 0.2) is 48.5 Å². The zero-order valence-electron chi connectivity index (χ0n) is 16.0. The van der Waals surface area contributed by atoms with Crippen LogP contribution in [0.25, 0.3) is 0 Å². The molecule has 0 radical (unpaired) electrons. The molecule has 0 heterocycles. The Morgan fingerprint density at radius 3 is 2.27 bits per heavy atom. The van der Waals surface area contributed by atoms with Gasteiger partial charge in [-0.1, -0.05) is 39.0 Å². The van der Waals surface area contributed by atoms with E-state index < -0.39 is 0 Å². The van der Waals surface area contributed by atoms with E-state index in [1.807, 2.05) is 24.3 Å². The van der Waals surface area contributed by atoms with Crippen LogP contribution in [0.2, 0.25) is 0 Å². The molecule has 2 aromatic carbocycles. The summed E-state index contributed by atoms with van der Waals surface area (Å²) in [6.45, 7) is 8.37. The highest BCUT2D eigenvalue weighted by atomic mass is 16.5. The molecule has 0 aliphatic rings. The van der Waals surface area contributed by atoms with Crippen LogP contribution in [0.4, 0.5) is 5.69 Å². The number of ether oxygens (including phenoxy) is 1. The van der Waals surface area contributed by atoms with Crippen LogP contribution in [0, 0.1) is 0 Å². The molecule has 4 heteroatoms. The zero-order valence-corrected chi connectivity index (χ0v) is 16.0. The molecule has 0 spiro atoms. The minimum Gasteiger partial charge on any atom is -0.494 e. The van der Waals surface area contributed by atoms with E-state index in [4.69, 9.17) is 4.74 Å². The van der Waals surface area contributed by atoms with Crippen molar-refractivity contribution in [3.05, 3.63) is 59.7 Å². The summed E-state index contributed by atoms with van der Waals surface area (Å²) in [6.07, 6.45) is 1.02.